The molecule has 0 saturated carbocycles. The topological polar surface area (TPSA) is 84.5 Å². The molecule has 31 heavy (non-hydrogen) atoms. The molecule has 158 valence electrons. The minimum Gasteiger partial charge on any atom is -0.427 e. The normalized spacial score (nSPS) is 10.3. The van der Waals surface area contributed by atoms with E-state index in [4.69, 9.17) is 4.74 Å². The van der Waals surface area contributed by atoms with Gasteiger partial charge in [0.2, 0.25) is 5.91 Å². The van der Waals surface area contributed by atoms with Crippen molar-refractivity contribution < 1.29 is 23.5 Å². The summed E-state index contributed by atoms with van der Waals surface area (Å²) >= 11 is 0. The van der Waals surface area contributed by atoms with Gasteiger partial charge in [0, 0.05) is 24.7 Å². The highest BCUT2D eigenvalue weighted by Gasteiger charge is 2.09. The predicted octanol–water partition coefficient (Wildman–Crippen LogP) is 3.86. The van der Waals surface area contributed by atoms with E-state index in [1.165, 1.54) is 19.1 Å². The molecular formula is C24H21FN2O4. The van der Waals surface area contributed by atoms with Crippen molar-refractivity contribution in [1.82, 2.24) is 5.32 Å². The lowest BCUT2D eigenvalue weighted by Gasteiger charge is -2.09. The van der Waals surface area contributed by atoms with Crippen molar-refractivity contribution in [2.45, 2.75) is 19.9 Å². The molecule has 6 nitrogen and oxygen atoms in total. The van der Waals surface area contributed by atoms with Crippen molar-refractivity contribution in [1.29, 1.82) is 0 Å². The summed E-state index contributed by atoms with van der Waals surface area (Å²) in [7, 11) is 0. The van der Waals surface area contributed by atoms with E-state index in [0.717, 1.165) is 5.56 Å². The maximum atomic E-state index is 13.7. The van der Waals surface area contributed by atoms with E-state index in [-0.39, 0.29) is 24.8 Å². The van der Waals surface area contributed by atoms with Crippen LogP contribution in [0.2, 0.25) is 0 Å². The molecule has 0 fully saturated rings. The lowest BCUT2D eigenvalue weighted by molar-refractivity contribution is -0.131. The highest BCUT2D eigenvalue weighted by atomic mass is 19.1. The summed E-state index contributed by atoms with van der Waals surface area (Å²) in [6.45, 7) is 1.57. The molecule has 0 radical (unpaired) electrons. The number of rotatable bonds is 7. The molecule has 0 unspecified atom stereocenters. The molecule has 0 aromatic heterocycles. The highest BCUT2D eigenvalue weighted by molar-refractivity contribution is 5.94. The lowest BCUT2D eigenvalue weighted by atomic mass is 10.1. The van der Waals surface area contributed by atoms with Crippen molar-refractivity contribution in [2.75, 3.05) is 5.32 Å². The number of nitrogens with one attached hydrogen (secondary N) is 2. The fourth-order valence-electron chi connectivity index (χ4n) is 2.88. The number of esters is 1. The number of hydrogen-bond acceptors (Lipinski definition) is 4. The van der Waals surface area contributed by atoms with Crippen LogP contribution < -0.4 is 15.4 Å². The summed E-state index contributed by atoms with van der Waals surface area (Å²) in [5.74, 6) is -1.20. The molecule has 0 aliphatic rings. The van der Waals surface area contributed by atoms with Gasteiger partial charge < -0.3 is 15.4 Å². The second kappa shape index (κ2) is 10.2. The van der Waals surface area contributed by atoms with Gasteiger partial charge in [0.15, 0.2) is 0 Å². The molecule has 0 heterocycles. The predicted molar refractivity (Wildman–Crippen MR) is 114 cm³/mol. The first kappa shape index (κ1) is 21.7. The molecule has 2 N–H and O–H groups in total. The van der Waals surface area contributed by atoms with Crippen LogP contribution in [-0.2, 0) is 22.6 Å². The zero-order valence-electron chi connectivity index (χ0n) is 16.9. The van der Waals surface area contributed by atoms with Gasteiger partial charge in [0.05, 0.1) is 6.42 Å². The average molecular weight is 420 g/mol. The van der Waals surface area contributed by atoms with Gasteiger partial charge in [0.1, 0.15) is 11.6 Å². The van der Waals surface area contributed by atoms with Gasteiger partial charge in [-0.25, -0.2) is 4.39 Å². The van der Waals surface area contributed by atoms with Crippen LogP contribution in [0.1, 0.15) is 28.4 Å². The Morgan fingerprint density at radius 2 is 1.68 bits per heavy atom. The first-order chi connectivity index (χ1) is 14.9. The highest BCUT2D eigenvalue weighted by Crippen LogP contribution is 2.15. The Morgan fingerprint density at radius 3 is 2.39 bits per heavy atom. The van der Waals surface area contributed by atoms with E-state index >= 15 is 0 Å². The van der Waals surface area contributed by atoms with Crippen LogP contribution in [0.25, 0.3) is 0 Å². The monoisotopic (exact) mass is 420 g/mol. The third-order valence-electron chi connectivity index (χ3n) is 4.36. The van der Waals surface area contributed by atoms with Gasteiger partial charge in [-0.05, 0) is 47.5 Å². The Morgan fingerprint density at radius 1 is 0.935 bits per heavy atom. The zero-order chi connectivity index (χ0) is 22.2. The van der Waals surface area contributed by atoms with Crippen molar-refractivity contribution in [3.05, 3.63) is 95.3 Å². The van der Waals surface area contributed by atoms with Gasteiger partial charge in [-0.15, -0.1) is 0 Å². The number of carbonyl (C=O) groups is 3. The summed E-state index contributed by atoms with van der Waals surface area (Å²) in [5, 5.41) is 5.51. The smallest absolute Gasteiger partial charge is 0.308 e. The van der Waals surface area contributed by atoms with Crippen LogP contribution in [0.3, 0.4) is 0 Å². The summed E-state index contributed by atoms with van der Waals surface area (Å²) < 4.78 is 18.6. The van der Waals surface area contributed by atoms with Crippen LogP contribution >= 0.6 is 0 Å². The van der Waals surface area contributed by atoms with Crippen LogP contribution in [-0.4, -0.2) is 17.8 Å². The largest absolute Gasteiger partial charge is 0.427 e. The molecule has 0 saturated heterocycles. The van der Waals surface area contributed by atoms with Gasteiger partial charge in [-0.1, -0.05) is 36.4 Å². The van der Waals surface area contributed by atoms with Crippen molar-refractivity contribution in [3.8, 4) is 5.75 Å². The number of anilines is 1. The van der Waals surface area contributed by atoms with E-state index in [1.807, 2.05) is 0 Å². The molecule has 2 amide bonds. The third kappa shape index (κ3) is 6.50. The second-order valence-corrected chi connectivity index (χ2v) is 6.82. The fourth-order valence-corrected chi connectivity index (χ4v) is 2.88. The van der Waals surface area contributed by atoms with Crippen molar-refractivity contribution in [2.24, 2.45) is 0 Å². The number of benzene rings is 3. The van der Waals surface area contributed by atoms with Gasteiger partial charge in [-0.3, -0.25) is 14.4 Å². The van der Waals surface area contributed by atoms with E-state index < -0.39 is 11.8 Å². The molecule has 3 aromatic carbocycles. The molecule has 0 spiro atoms. The number of carbonyl (C=O) groups excluding carboxylic acids is 3. The van der Waals surface area contributed by atoms with Crippen LogP contribution in [0.5, 0.6) is 5.75 Å². The van der Waals surface area contributed by atoms with Crippen LogP contribution in [0.15, 0.2) is 72.8 Å². The molecule has 0 atom stereocenters. The Bertz CT molecular complexity index is 1100. The lowest BCUT2D eigenvalue weighted by Crippen LogP contribution is -2.22. The maximum Gasteiger partial charge on any atom is 0.308 e. The van der Waals surface area contributed by atoms with E-state index in [2.05, 4.69) is 10.6 Å². The number of hydrogen-bond donors (Lipinski definition) is 2. The Balaban J connectivity index is 1.52. The van der Waals surface area contributed by atoms with Crippen molar-refractivity contribution in [3.63, 3.8) is 0 Å². The third-order valence-corrected chi connectivity index (χ3v) is 4.36. The number of amides is 2. The Hall–Kier alpha value is -4.00. The summed E-state index contributed by atoms with van der Waals surface area (Å²) in [6.07, 6.45) is -0.0586. The molecule has 0 bridgehead atoms. The van der Waals surface area contributed by atoms with Crippen LogP contribution in [0, 0.1) is 5.82 Å². The minimum atomic E-state index is -0.460. The quantitative estimate of drug-likeness (QED) is 0.449. The van der Waals surface area contributed by atoms with Gasteiger partial charge in [-0.2, -0.15) is 0 Å². The summed E-state index contributed by atoms with van der Waals surface area (Å²) in [6, 6.07) is 19.4. The molecular weight excluding hydrogens is 399 g/mol. The number of halogens is 1. The van der Waals surface area contributed by atoms with Crippen LogP contribution in [0.4, 0.5) is 10.1 Å². The molecule has 3 aromatic rings. The molecule has 0 aliphatic carbocycles. The molecule has 0 aliphatic heterocycles. The van der Waals surface area contributed by atoms with E-state index in [9.17, 15) is 18.8 Å². The van der Waals surface area contributed by atoms with E-state index in [1.54, 1.807) is 60.7 Å². The average Bonchev–Trinajstić information content (AvgIpc) is 2.74. The first-order valence-electron chi connectivity index (χ1n) is 9.59. The Labute approximate surface area is 179 Å². The maximum absolute atomic E-state index is 13.7. The SMILES string of the molecule is CC(=O)Oc1cccc(C(=O)NCc2ccc(NC(=O)Cc3ccccc3F)cc2)c1. The second-order valence-electron chi connectivity index (χ2n) is 6.82. The molecule has 7 heteroatoms. The fraction of sp³-hybridized carbons (Fsp3) is 0.125. The first-order valence-corrected chi connectivity index (χ1v) is 9.59. The standard InChI is InChI=1S/C24H21FN2O4/c1-16(28)31-21-7-4-6-19(13-21)24(30)26-15-17-9-11-20(12-10-17)27-23(29)14-18-5-2-3-8-22(18)25/h2-13H,14-15H2,1H3,(H,26,30)(H,27,29). The summed E-state index contributed by atoms with van der Waals surface area (Å²) in [4.78, 5) is 35.5. The van der Waals surface area contributed by atoms with E-state index in [0.29, 0.717) is 22.6 Å². The van der Waals surface area contributed by atoms with Crippen molar-refractivity contribution >= 4 is 23.5 Å². The Kier molecular flexibility index (Phi) is 7.11. The zero-order valence-corrected chi connectivity index (χ0v) is 16.9. The molecule has 3 rings (SSSR count). The number of ether oxygens (including phenoxy) is 1. The van der Waals surface area contributed by atoms with Gasteiger partial charge >= 0.3 is 5.97 Å². The summed E-state index contributed by atoms with van der Waals surface area (Å²) in [5.41, 5.74) is 2.11. The minimum absolute atomic E-state index is 0.0586. The van der Waals surface area contributed by atoms with Gasteiger partial charge in [0.25, 0.3) is 5.91 Å².